The maximum Gasteiger partial charge on any atom is 0.290 e. The number of aryl methyl sites for hydroxylation is 1. The minimum absolute atomic E-state index is 0.0865. The molecule has 0 spiro atoms. The molecule has 29 heavy (non-hydrogen) atoms. The van der Waals surface area contributed by atoms with Crippen LogP contribution in [0.15, 0.2) is 35.1 Å². The molecule has 10 heteroatoms. The Labute approximate surface area is 171 Å². The maximum atomic E-state index is 13.3. The highest BCUT2D eigenvalue weighted by Crippen LogP contribution is 2.22. The number of halogens is 2. The summed E-state index contributed by atoms with van der Waals surface area (Å²) in [5, 5.41) is 4.24. The van der Waals surface area contributed by atoms with Gasteiger partial charge in [0.25, 0.3) is 11.5 Å². The lowest BCUT2D eigenvalue weighted by atomic mass is 9.90. The van der Waals surface area contributed by atoms with Gasteiger partial charge in [-0.05, 0) is 61.2 Å². The minimum atomic E-state index is -0.563. The van der Waals surface area contributed by atoms with E-state index in [1.807, 2.05) is 4.90 Å². The Hall–Kier alpha value is -2.88. The summed E-state index contributed by atoms with van der Waals surface area (Å²) in [5.74, 6) is -1.33. The summed E-state index contributed by atoms with van der Waals surface area (Å²) in [5.41, 5.74) is 5.60. The van der Waals surface area contributed by atoms with Crippen LogP contribution in [-0.4, -0.2) is 38.8 Å². The Morgan fingerprint density at radius 1 is 1.17 bits per heavy atom. The van der Waals surface area contributed by atoms with Gasteiger partial charge in [-0.1, -0.05) is 0 Å². The summed E-state index contributed by atoms with van der Waals surface area (Å²) >= 11 is 5.32. The van der Waals surface area contributed by atoms with Gasteiger partial charge in [0.05, 0.1) is 0 Å². The van der Waals surface area contributed by atoms with Crippen molar-refractivity contribution >= 4 is 23.2 Å². The molecule has 154 valence electrons. The van der Waals surface area contributed by atoms with Crippen molar-refractivity contribution in [2.45, 2.75) is 19.3 Å². The van der Waals surface area contributed by atoms with Crippen molar-refractivity contribution < 1.29 is 13.6 Å². The van der Waals surface area contributed by atoms with Crippen LogP contribution in [0.2, 0.25) is 0 Å². The van der Waals surface area contributed by atoms with Crippen LogP contribution in [0.1, 0.15) is 28.9 Å². The zero-order valence-corrected chi connectivity index (χ0v) is 16.6. The molecule has 1 amide bonds. The molecule has 1 fully saturated rings. The highest BCUT2D eigenvalue weighted by atomic mass is 32.1. The average Bonchev–Trinajstić information content (AvgIpc) is 2.67. The van der Waals surface area contributed by atoms with Crippen molar-refractivity contribution in [2.75, 3.05) is 13.1 Å². The van der Waals surface area contributed by atoms with Gasteiger partial charge in [0.2, 0.25) is 0 Å². The molecular weight excluding hydrogens is 400 g/mol. The molecule has 1 aromatic heterocycles. The smallest absolute Gasteiger partial charge is 0.290 e. The molecule has 0 atom stereocenters. The van der Waals surface area contributed by atoms with E-state index in [9.17, 15) is 18.4 Å². The number of hydrogen-bond acceptors (Lipinski definition) is 4. The lowest BCUT2D eigenvalue weighted by Crippen LogP contribution is -2.51. The van der Waals surface area contributed by atoms with Crippen LogP contribution in [0.4, 0.5) is 8.78 Å². The Morgan fingerprint density at radius 3 is 2.45 bits per heavy atom. The van der Waals surface area contributed by atoms with Gasteiger partial charge in [0.1, 0.15) is 11.6 Å². The van der Waals surface area contributed by atoms with Crippen LogP contribution in [0, 0.1) is 17.6 Å². The van der Waals surface area contributed by atoms with E-state index in [-0.39, 0.29) is 11.3 Å². The molecule has 2 aromatic rings. The molecular formula is C19H21F2N5O2S. The van der Waals surface area contributed by atoms with E-state index < -0.39 is 17.5 Å². The number of carbonyl (C=O) groups is 1. The lowest BCUT2D eigenvalue weighted by Gasteiger charge is -2.33. The molecule has 1 aliphatic heterocycles. The molecule has 3 rings (SSSR count). The Kier molecular flexibility index (Phi) is 6.53. The van der Waals surface area contributed by atoms with Crippen molar-refractivity contribution in [3.8, 4) is 0 Å². The Morgan fingerprint density at radius 2 is 1.83 bits per heavy atom. The van der Waals surface area contributed by atoms with Crippen LogP contribution < -0.4 is 16.4 Å². The monoisotopic (exact) mass is 421 g/mol. The summed E-state index contributed by atoms with van der Waals surface area (Å²) in [6.07, 6.45) is 2.24. The van der Waals surface area contributed by atoms with Gasteiger partial charge < -0.3 is 4.90 Å². The van der Waals surface area contributed by atoms with Crippen LogP contribution in [-0.2, 0) is 13.5 Å². The first-order chi connectivity index (χ1) is 13.8. The normalized spacial score (nSPS) is 14.5. The molecule has 0 unspecified atom stereocenters. The number of benzene rings is 1. The standard InChI is InChI=1S/C19H21F2N5O2S/c1-25-17(27)3-2-16(24-25)18(28)22-23-19(29)26-6-4-12(5-7-26)8-13-9-14(20)11-15(21)10-13/h2-3,9-12H,4-8H2,1H3,(H,22,28)(H,23,29). The summed E-state index contributed by atoms with van der Waals surface area (Å²) in [6.45, 7) is 1.34. The number of aromatic nitrogens is 2. The van der Waals surface area contributed by atoms with Crippen molar-refractivity contribution in [1.29, 1.82) is 0 Å². The van der Waals surface area contributed by atoms with Crippen molar-refractivity contribution in [3.63, 3.8) is 0 Å². The van der Waals surface area contributed by atoms with Gasteiger partial charge in [-0.2, -0.15) is 5.10 Å². The molecule has 0 aliphatic carbocycles. The lowest BCUT2D eigenvalue weighted by molar-refractivity contribution is 0.0934. The summed E-state index contributed by atoms with van der Waals surface area (Å²) in [7, 11) is 1.46. The number of hydrazine groups is 1. The SMILES string of the molecule is Cn1nc(C(=O)NNC(=S)N2CCC(Cc3cc(F)cc(F)c3)CC2)ccc1=O. The first-order valence-corrected chi connectivity index (χ1v) is 9.57. The third-order valence-electron chi connectivity index (χ3n) is 4.82. The van der Waals surface area contributed by atoms with Crippen molar-refractivity contribution in [3.05, 3.63) is 63.6 Å². The van der Waals surface area contributed by atoms with E-state index in [0.717, 1.165) is 23.6 Å². The molecule has 0 bridgehead atoms. The number of hydrogen-bond donors (Lipinski definition) is 2. The zero-order valence-electron chi connectivity index (χ0n) is 15.8. The van der Waals surface area contributed by atoms with Crippen molar-refractivity contribution in [2.24, 2.45) is 13.0 Å². The quantitative estimate of drug-likeness (QED) is 0.578. The second-order valence-corrected chi connectivity index (χ2v) is 7.36. The number of carbonyl (C=O) groups excluding carboxylic acids is 1. The highest BCUT2D eigenvalue weighted by molar-refractivity contribution is 7.80. The first kappa shape index (κ1) is 20.8. The second kappa shape index (κ2) is 9.08. The van der Waals surface area contributed by atoms with E-state index in [1.54, 1.807) is 0 Å². The van der Waals surface area contributed by atoms with Gasteiger partial charge in [-0.3, -0.25) is 20.4 Å². The number of likely N-dealkylation sites (tertiary alicyclic amines) is 1. The fourth-order valence-electron chi connectivity index (χ4n) is 3.28. The minimum Gasteiger partial charge on any atom is -0.348 e. The third kappa shape index (κ3) is 5.57. The molecule has 2 heterocycles. The van der Waals surface area contributed by atoms with Crippen molar-refractivity contribution in [1.82, 2.24) is 25.5 Å². The second-order valence-electron chi connectivity index (χ2n) is 6.98. The van der Waals surface area contributed by atoms with Gasteiger partial charge in [-0.25, -0.2) is 13.5 Å². The van der Waals surface area contributed by atoms with Gasteiger partial charge in [0, 0.05) is 32.3 Å². The Bertz CT molecular complexity index is 953. The number of amides is 1. The fraction of sp³-hybridized carbons (Fsp3) is 0.368. The summed E-state index contributed by atoms with van der Waals surface area (Å²) in [6, 6.07) is 6.20. The van der Waals surface area contributed by atoms with E-state index >= 15 is 0 Å². The number of rotatable bonds is 3. The predicted octanol–water partition coefficient (Wildman–Crippen LogP) is 1.53. The van der Waals surface area contributed by atoms with E-state index in [2.05, 4.69) is 16.0 Å². The third-order valence-corrected chi connectivity index (χ3v) is 5.18. The van der Waals surface area contributed by atoms with Crippen LogP contribution in [0.5, 0.6) is 0 Å². The van der Waals surface area contributed by atoms with Crippen LogP contribution in [0.25, 0.3) is 0 Å². The molecule has 2 N–H and O–H groups in total. The number of thiocarbonyl (C=S) groups is 1. The maximum absolute atomic E-state index is 13.3. The summed E-state index contributed by atoms with van der Waals surface area (Å²) in [4.78, 5) is 25.4. The fourth-order valence-corrected chi connectivity index (χ4v) is 3.51. The van der Waals surface area contributed by atoms with Gasteiger partial charge in [0.15, 0.2) is 10.8 Å². The molecule has 1 saturated heterocycles. The topological polar surface area (TPSA) is 79.3 Å². The van der Waals surface area contributed by atoms with E-state index in [0.29, 0.717) is 36.1 Å². The molecule has 1 aromatic carbocycles. The van der Waals surface area contributed by atoms with E-state index in [4.69, 9.17) is 12.2 Å². The number of nitrogens with one attached hydrogen (secondary N) is 2. The summed E-state index contributed by atoms with van der Waals surface area (Å²) < 4.78 is 27.7. The van der Waals surface area contributed by atoms with Gasteiger partial charge >= 0.3 is 0 Å². The molecule has 1 aliphatic rings. The number of nitrogens with zero attached hydrogens (tertiary/aromatic N) is 3. The largest absolute Gasteiger partial charge is 0.348 e. The Balaban J connectivity index is 1.46. The average molecular weight is 421 g/mol. The molecule has 7 nitrogen and oxygen atoms in total. The first-order valence-electron chi connectivity index (χ1n) is 9.16. The zero-order chi connectivity index (χ0) is 21.0. The molecule has 0 saturated carbocycles. The van der Waals surface area contributed by atoms with E-state index in [1.165, 1.54) is 31.3 Å². The highest BCUT2D eigenvalue weighted by Gasteiger charge is 2.22. The molecule has 0 radical (unpaired) electrons. The predicted molar refractivity (Wildman–Crippen MR) is 107 cm³/mol. The number of piperidine rings is 1. The van der Waals surface area contributed by atoms with Crippen LogP contribution >= 0.6 is 12.2 Å². The van der Waals surface area contributed by atoms with Crippen LogP contribution in [0.3, 0.4) is 0 Å². The van der Waals surface area contributed by atoms with Gasteiger partial charge in [-0.15, -0.1) is 0 Å².